The SMILES string of the molecule is C#CCC(CC)NC(=O)c1ccc2cc[nH]c2c1. The average molecular weight is 240 g/mol. The quantitative estimate of drug-likeness (QED) is 0.793. The first-order valence-corrected chi connectivity index (χ1v) is 6.06. The van der Waals surface area contributed by atoms with Gasteiger partial charge in [-0.1, -0.05) is 13.0 Å². The predicted octanol–water partition coefficient (Wildman–Crippen LogP) is 2.70. The largest absolute Gasteiger partial charge is 0.361 e. The molecule has 3 heteroatoms. The number of aromatic amines is 1. The Labute approximate surface area is 107 Å². The summed E-state index contributed by atoms with van der Waals surface area (Å²) in [5.41, 5.74) is 1.62. The van der Waals surface area contributed by atoms with Crippen molar-refractivity contribution in [3.05, 3.63) is 36.0 Å². The topological polar surface area (TPSA) is 44.9 Å². The molecule has 0 fully saturated rings. The fraction of sp³-hybridized carbons (Fsp3) is 0.267. The number of terminal acetylenes is 1. The van der Waals surface area contributed by atoms with Gasteiger partial charge in [-0.2, -0.15) is 0 Å². The summed E-state index contributed by atoms with van der Waals surface area (Å²) < 4.78 is 0. The molecule has 0 aliphatic heterocycles. The Morgan fingerprint density at radius 1 is 1.50 bits per heavy atom. The molecule has 1 aromatic carbocycles. The first-order valence-electron chi connectivity index (χ1n) is 6.06. The van der Waals surface area contributed by atoms with Crippen LogP contribution in [0.15, 0.2) is 30.5 Å². The van der Waals surface area contributed by atoms with Gasteiger partial charge in [0.15, 0.2) is 0 Å². The van der Waals surface area contributed by atoms with Crippen molar-refractivity contribution in [1.29, 1.82) is 0 Å². The Hall–Kier alpha value is -2.21. The van der Waals surface area contributed by atoms with E-state index < -0.39 is 0 Å². The molecule has 0 aliphatic carbocycles. The number of hydrogen-bond donors (Lipinski definition) is 2. The van der Waals surface area contributed by atoms with Crippen LogP contribution < -0.4 is 5.32 Å². The Kier molecular flexibility index (Phi) is 3.69. The fourth-order valence-corrected chi connectivity index (χ4v) is 1.90. The van der Waals surface area contributed by atoms with E-state index >= 15 is 0 Å². The van der Waals surface area contributed by atoms with Gasteiger partial charge in [-0.3, -0.25) is 4.79 Å². The summed E-state index contributed by atoms with van der Waals surface area (Å²) in [6.07, 6.45) is 8.53. The zero-order valence-electron chi connectivity index (χ0n) is 10.4. The second-order valence-electron chi connectivity index (χ2n) is 4.27. The van der Waals surface area contributed by atoms with Gasteiger partial charge in [0, 0.05) is 29.7 Å². The third-order valence-electron chi connectivity index (χ3n) is 3.01. The molecule has 0 radical (unpaired) electrons. The molecule has 18 heavy (non-hydrogen) atoms. The Morgan fingerprint density at radius 2 is 2.33 bits per heavy atom. The summed E-state index contributed by atoms with van der Waals surface area (Å²) >= 11 is 0. The summed E-state index contributed by atoms with van der Waals surface area (Å²) in [7, 11) is 0. The predicted molar refractivity (Wildman–Crippen MR) is 73.3 cm³/mol. The highest BCUT2D eigenvalue weighted by molar-refractivity contribution is 5.98. The van der Waals surface area contributed by atoms with Gasteiger partial charge in [-0.05, 0) is 30.0 Å². The highest BCUT2D eigenvalue weighted by Gasteiger charge is 2.11. The molecule has 1 amide bonds. The number of carbonyl (C=O) groups excluding carboxylic acids is 1. The Bertz CT molecular complexity index is 592. The number of hydrogen-bond acceptors (Lipinski definition) is 1. The van der Waals surface area contributed by atoms with Crippen LogP contribution in [0.25, 0.3) is 10.9 Å². The van der Waals surface area contributed by atoms with Crippen molar-refractivity contribution in [2.75, 3.05) is 0 Å². The van der Waals surface area contributed by atoms with Crippen LogP contribution in [0.5, 0.6) is 0 Å². The summed E-state index contributed by atoms with van der Waals surface area (Å²) in [6.45, 7) is 2.01. The minimum Gasteiger partial charge on any atom is -0.361 e. The fourth-order valence-electron chi connectivity index (χ4n) is 1.90. The average Bonchev–Trinajstić information content (AvgIpc) is 2.85. The van der Waals surface area contributed by atoms with Crippen LogP contribution in [0.1, 0.15) is 30.1 Å². The van der Waals surface area contributed by atoms with Crippen LogP contribution in [0, 0.1) is 12.3 Å². The van der Waals surface area contributed by atoms with Crippen LogP contribution >= 0.6 is 0 Å². The first-order chi connectivity index (χ1) is 8.74. The standard InChI is InChI=1S/C15H16N2O/c1-3-5-13(4-2)17-15(18)12-7-6-11-8-9-16-14(11)10-12/h1,6-10,13,16H,4-5H2,2H3,(H,17,18). The lowest BCUT2D eigenvalue weighted by Crippen LogP contribution is -2.34. The molecule has 1 aromatic heterocycles. The lowest BCUT2D eigenvalue weighted by molar-refractivity contribution is 0.0937. The van der Waals surface area contributed by atoms with Gasteiger partial charge in [-0.25, -0.2) is 0 Å². The number of rotatable bonds is 4. The van der Waals surface area contributed by atoms with E-state index in [2.05, 4.69) is 16.2 Å². The molecule has 0 spiro atoms. The van der Waals surface area contributed by atoms with Crippen LogP contribution in [-0.4, -0.2) is 16.9 Å². The number of amides is 1. The number of H-pyrrole nitrogens is 1. The molecule has 0 saturated carbocycles. The number of fused-ring (bicyclic) bond motifs is 1. The van der Waals surface area contributed by atoms with Crippen LogP contribution in [0.2, 0.25) is 0 Å². The maximum atomic E-state index is 12.1. The summed E-state index contributed by atoms with van der Waals surface area (Å²) in [5, 5.41) is 4.04. The van der Waals surface area contributed by atoms with E-state index in [4.69, 9.17) is 6.42 Å². The third kappa shape index (κ3) is 2.54. The van der Waals surface area contributed by atoms with Crippen LogP contribution in [0.4, 0.5) is 0 Å². The van der Waals surface area contributed by atoms with Gasteiger partial charge in [0.1, 0.15) is 0 Å². The van der Waals surface area contributed by atoms with E-state index in [0.29, 0.717) is 12.0 Å². The van der Waals surface area contributed by atoms with Crippen molar-refractivity contribution in [3.63, 3.8) is 0 Å². The second kappa shape index (κ2) is 5.42. The second-order valence-corrected chi connectivity index (χ2v) is 4.27. The molecule has 1 atom stereocenters. The van der Waals surface area contributed by atoms with E-state index in [9.17, 15) is 4.79 Å². The smallest absolute Gasteiger partial charge is 0.251 e. The maximum absolute atomic E-state index is 12.1. The molecule has 1 heterocycles. The van der Waals surface area contributed by atoms with Crippen molar-refractivity contribution in [2.45, 2.75) is 25.8 Å². The van der Waals surface area contributed by atoms with Gasteiger partial charge in [-0.15, -0.1) is 12.3 Å². The van der Waals surface area contributed by atoms with Crippen molar-refractivity contribution in [3.8, 4) is 12.3 Å². The molecular weight excluding hydrogens is 224 g/mol. The van der Waals surface area contributed by atoms with Gasteiger partial charge in [0.2, 0.25) is 0 Å². The molecule has 3 nitrogen and oxygen atoms in total. The highest BCUT2D eigenvalue weighted by atomic mass is 16.1. The summed E-state index contributed by atoms with van der Waals surface area (Å²) in [5.74, 6) is 2.50. The monoisotopic (exact) mass is 240 g/mol. The third-order valence-corrected chi connectivity index (χ3v) is 3.01. The van der Waals surface area contributed by atoms with Crippen molar-refractivity contribution >= 4 is 16.8 Å². The highest BCUT2D eigenvalue weighted by Crippen LogP contribution is 2.14. The molecule has 0 bridgehead atoms. The molecule has 2 rings (SSSR count). The molecule has 1 unspecified atom stereocenters. The van der Waals surface area contributed by atoms with E-state index in [1.54, 1.807) is 0 Å². The lowest BCUT2D eigenvalue weighted by atomic mass is 10.1. The van der Waals surface area contributed by atoms with Crippen LogP contribution in [-0.2, 0) is 0 Å². The first kappa shape index (κ1) is 12.3. The van der Waals surface area contributed by atoms with E-state index in [1.807, 2.05) is 37.4 Å². The normalized spacial score (nSPS) is 12.0. The van der Waals surface area contributed by atoms with Crippen molar-refractivity contribution in [1.82, 2.24) is 10.3 Å². The maximum Gasteiger partial charge on any atom is 0.251 e. The molecule has 2 aromatic rings. The van der Waals surface area contributed by atoms with E-state index in [-0.39, 0.29) is 11.9 Å². The van der Waals surface area contributed by atoms with Gasteiger partial charge >= 0.3 is 0 Å². The van der Waals surface area contributed by atoms with Gasteiger partial charge in [0.05, 0.1) is 0 Å². The van der Waals surface area contributed by atoms with Crippen molar-refractivity contribution < 1.29 is 4.79 Å². The van der Waals surface area contributed by atoms with E-state index in [0.717, 1.165) is 17.3 Å². The molecule has 0 saturated heterocycles. The summed E-state index contributed by atoms with van der Waals surface area (Å²) in [6, 6.07) is 7.64. The number of aromatic nitrogens is 1. The molecule has 2 N–H and O–H groups in total. The number of carbonyl (C=O) groups is 1. The van der Waals surface area contributed by atoms with Crippen LogP contribution in [0.3, 0.4) is 0 Å². The molecule has 92 valence electrons. The van der Waals surface area contributed by atoms with Gasteiger partial charge in [0.25, 0.3) is 5.91 Å². The minimum atomic E-state index is -0.0754. The number of benzene rings is 1. The van der Waals surface area contributed by atoms with Crippen molar-refractivity contribution in [2.24, 2.45) is 0 Å². The molecule has 0 aliphatic rings. The van der Waals surface area contributed by atoms with Gasteiger partial charge < -0.3 is 10.3 Å². The Morgan fingerprint density at radius 3 is 3.06 bits per heavy atom. The zero-order valence-corrected chi connectivity index (χ0v) is 10.4. The zero-order chi connectivity index (χ0) is 13.0. The number of nitrogens with one attached hydrogen (secondary N) is 2. The molecular formula is C15H16N2O. The minimum absolute atomic E-state index is 0.0434. The van der Waals surface area contributed by atoms with E-state index in [1.165, 1.54) is 0 Å². The summed E-state index contributed by atoms with van der Waals surface area (Å²) in [4.78, 5) is 15.2. The Balaban J connectivity index is 2.15. The lowest BCUT2D eigenvalue weighted by Gasteiger charge is -2.14.